The number of hydrogen-bond donors (Lipinski definition) is 4. The number of esters is 1. The summed E-state index contributed by atoms with van der Waals surface area (Å²) in [5.74, 6) is -2.91. The van der Waals surface area contributed by atoms with Crippen LogP contribution in [0.5, 0.6) is 0 Å². The predicted octanol–water partition coefficient (Wildman–Crippen LogP) is 3.71. The number of carbonyl (C=O) groups is 4. The number of aromatic nitrogens is 1. The van der Waals surface area contributed by atoms with Crippen LogP contribution in [0.25, 0.3) is 10.9 Å². The zero-order valence-electron chi connectivity index (χ0n) is 27.1. The van der Waals surface area contributed by atoms with Gasteiger partial charge in [-0.3, -0.25) is 14.4 Å². The summed E-state index contributed by atoms with van der Waals surface area (Å²) in [4.78, 5) is 64.6. The molecule has 1 spiro atoms. The number of rotatable bonds is 12. The molecule has 1 aromatic carbocycles. The Bertz CT molecular complexity index is 1500. The normalized spacial score (nSPS) is 33.3. The first-order valence-corrected chi connectivity index (χ1v) is 16.7. The standard InChI is InChI=1S/C34H45N3O10/c1-19-10-11-24-20(2)31(44-32-34(24)23(19)14-15-33(3,45-32)46-47-34)43-29(40)13-12-27(38)35-16-6-9-28(39)37-26(30(41)42)17-21-18-36-25-8-5-4-7-22(21)25/h4-5,7-8,18-20,23-24,26,31-32,36H,6,9-17H2,1-3H3,(H,35,38)(H,37,39)(H,41,42)/t19-,20+,23+,24-,26+,31-,32+,33+,34-/m1/s1. The smallest absolute Gasteiger partial charge is 0.326 e. The van der Waals surface area contributed by atoms with Crippen molar-refractivity contribution >= 4 is 34.7 Å². The summed E-state index contributed by atoms with van der Waals surface area (Å²) >= 11 is 0. The Morgan fingerprint density at radius 2 is 1.85 bits per heavy atom. The average molecular weight is 656 g/mol. The number of carboxylic acid groups (broad SMARTS) is 1. The molecule has 1 aliphatic carbocycles. The summed E-state index contributed by atoms with van der Waals surface area (Å²) in [6, 6.07) is 6.47. The highest BCUT2D eigenvalue weighted by Crippen LogP contribution is 2.60. The lowest BCUT2D eigenvalue weighted by Crippen LogP contribution is -2.70. The fourth-order valence-corrected chi connectivity index (χ4v) is 7.96. The van der Waals surface area contributed by atoms with E-state index in [4.69, 9.17) is 24.0 Å². The van der Waals surface area contributed by atoms with E-state index in [2.05, 4.69) is 22.5 Å². The van der Waals surface area contributed by atoms with Gasteiger partial charge in [0.15, 0.2) is 11.9 Å². The molecule has 13 heteroatoms. The Morgan fingerprint density at radius 3 is 2.66 bits per heavy atom. The van der Waals surface area contributed by atoms with Crippen molar-refractivity contribution in [3.8, 4) is 0 Å². The fraction of sp³-hybridized carbons (Fsp3) is 0.647. The summed E-state index contributed by atoms with van der Waals surface area (Å²) < 4.78 is 18.3. The third-order valence-corrected chi connectivity index (χ3v) is 10.5. The van der Waals surface area contributed by atoms with Crippen molar-refractivity contribution in [1.29, 1.82) is 0 Å². The van der Waals surface area contributed by atoms with E-state index in [-0.39, 0.29) is 55.9 Å². The molecular weight excluding hydrogens is 610 g/mol. The summed E-state index contributed by atoms with van der Waals surface area (Å²) in [6.07, 6.45) is 3.94. The molecule has 1 saturated carbocycles. The lowest BCUT2D eigenvalue weighted by molar-refractivity contribution is -0.576. The van der Waals surface area contributed by atoms with E-state index in [0.29, 0.717) is 18.8 Å². The van der Waals surface area contributed by atoms with Crippen LogP contribution < -0.4 is 10.6 Å². The van der Waals surface area contributed by atoms with E-state index >= 15 is 0 Å². The minimum Gasteiger partial charge on any atom is -0.480 e. The number of aromatic amines is 1. The maximum Gasteiger partial charge on any atom is 0.326 e. The molecule has 2 amide bonds. The molecule has 4 N–H and O–H groups in total. The molecule has 256 valence electrons. The van der Waals surface area contributed by atoms with Gasteiger partial charge in [-0.1, -0.05) is 32.0 Å². The van der Waals surface area contributed by atoms with Crippen LogP contribution in [0.3, 0.4) is 0 Å². The SMILES string of the molecule is C[C@@H]1[C@H](OC(=O)CCC(=O)NCCCC(=O)N[C@@H](Cc2c[nH]c3ccccc23)C(=O)O)O[C@H]2O[C@]3(C)CC[C@H]4[C@H](C)CC[C@H]1[C@@]24OO3. The van der Waals surface area contributed by atoms with Crippen LogP contribution in [0, 0.1) is 23.7 Å². The second kappa shape index (κ2) is 13.5. The first kappa shape index (κ1) is 33.4. The molecule has 0 unspecified atom stereocenters. The second-order valence-electron chi connectivity index (χ2n) is 13.7. The van der Waals surface area contributed by atoms with Gasteiger partial charge in [0.05, 0.1) is 6.42 Å². The third kappa shape index (κ3) is 6.76. The second-order valence-corrected chi connectivity index (χ2v) is 13.7. The van der Waals surface area contributed by atoms with E-state index in [1.54, 1.807) is 6.20 Å². The number of para-hydroxylation sites is 1. The monoisotopic (exact) mass is 655 g/mol. The number of carbonyl (C=O) groups excluding carboxylic acids is 3. The van der Waals surface area contributed by atoms with Crippen molar-refractivity contribution in [2.45, 2.75) is 109 Å². The van der Waals surface area contributed by atoms with Gasteiger partial charge >= 0.3 is 11.9 Å². The Balaban J connectivity index is 0.922. The molecule has 47 heavy (non-hydrogen) atoms. The number of fused-ring (bicyclic) bond motifs is 3. The van der Waals surface area contributed by atoms with Crippen LogP contribution in [-0.4, -0.2) is 70.4 Å². The molecule has 0 radical (unpaired) electrons. The van der Waals surface area contributed by atoms with E-state index in [1.807, 2.05) is 38.1 Å². The van der Waals surface area contributed by atoms with E-state index in [9.17, 15) is 24.3 Å². The van der Waals surface area contributed by atoms with Gasteiger partial charge in [-0.15, -0.1) is 0 Å². The van der Waals surface area contributed by atoms with E-state index < -0.39 is 47.9 Å². The Labute approximate surface area is 273 Å². The number of H-pyrrole nitrogens is 1. The fourth-order valence-electron chi connectivity index (χ4n) is 7.96. The lowest BCUT2D eigenvalue weighted by atomic mass is 9.58. The van der Waals surface area contributed by atoms with Crippen molar-refractivity contribution in [1.82, 2.24) is 15.6 Å². The van der Waals surface area contributed by atoms with Gasteiger partial charge in [0.2, 0.25) is 23.9 Å². The highest BCUT2D eigenvalue weighted by atomic mass is 17.3. The van der Waals surface area contributed by atoms with Gasteiger partial charge in [-0.2, -0.15) is 0 Å². The number of benzene rings is 1. The molecule has 2 aromatic rings. The van der Waals surface area contributed by atoms with E-state index in [0.717, 1.165) is 35.7 Å². The first-order valence-electron chi connectivity index (χ1n) is 16.7. The van der Waals surface area contributed by atoms with Crippen molar-refractivity contribution in [3.63, 3.8) is 0 Å². The number of nitrogens with one attached hydrogen (secondary N) is 3. The average Bonchev–Trinajstić information content (AvgIpc) is 3.31. The van der Waals surface area contributed by atoms with Crippen LogP contribution >= 0.6 is 0 Å². The van der Waals surface area contributed by atoms with Crippen molar-refractivity contribution < 1.29 is 48.3 Å². The summed E-state index contributed by atoms with van der Waals surface area (Å²) in [7, 11) is 0. The number of ether oxygens (including phenoxy) is 3. The number of hydrogen-bond acceptors (Lipinski definition) is 9. The molecule has 5 heterocycles. The Morgan fingerprint density at radius 1 is 1.04 bits per heavy atom. The quantitative estimate of drug-likeness (QED) is 0.150. The molecule has 2 bridgehead atoms. The summed E-state index contributed by atoms with van der Waals surface area (Å²) in [6.45, 7) is 6.26. The van der Waals surface area contributed by atoms with Gasteiger partial charge in [-0.05, 0) is 56.1 Å². The van der Waals surface area contributed by atoms with Crippen molar-refractivity contribution in [2.75, 3.05) is 6.54 Å². The maximum absolute atomic E-state index is 12.8. The van der Waals surface area contributed by atoms with Crippen LogP contribution in [-0.2, 0) is 49.6 Å². The van der Waals surface area contributed by atoms with Crippen molar-refractivity contribution in [2.24, 2.45) is 23.7 Å². The van der Waals surface area contributed by atoms with Gasteiger partial charge in [-0.25, -0.2) is 14.6 Å². The number of carboxylic acids is 1. The predicted molar refractivity (Wildman–Crippen MR) is 166 cm³/mol. The Kier molecular flexibility index (Phi) is 9.62. The minimum absolute atomic E-state index is 0.0164. The largest absolute Gasteiger partial charge is 0.480 e. The van der Waals surface area contributed by atoms with Gasteiger partial charge in [0.25, 0.3) is 0 Å². The van der Waals surface area contributed by atoms with Gasteiger partial charge < -0.3 is 34.9 Å². The van der Waals surface area contributed by atoms with Crippen LogP contribution in [0.2, 0.25) is 0 Å². The highest BCUT2D eigenvalue weighted by molar-refractivity contribution is 5.87. The van der Waals surface area contributed by atoms with E-state index in [1.165, 1.54) is 0 Å². The van der Waals surface area contributed by atoms with Gasteiger partial charge in [0, 0.05) is 61.2 Å². The molecule has 1 aromatic heterocycles. The molecule has 7 rings (SSSR count). The molecular formula is C34H45N3O10. The molecule has 5 aliphatic rings. The molecule has 5 fully saturated rings. The highest BCUT2D eigenvalue weighted by Gasteiger charge is 2.69. The Hall–Kier alpha value is -3.52. The lowest BCUT2D eigenvalue weighted by Gasteiger charge is -2.59. The topological polar surface area (TPSA) is 175 Å². The third-order valence-electron chi connectivity index (χ3n) is 10.5. The maximum atomic E-state index is 12.8. The number of amides is 2. The molecule has 4 saturated heterocycles. The van der Waals surface area contributed by atoms with Crippen LogP contribution in [0.15, 0.2) is 30.5 Å². The first-order chi connectivity index (χ1) is 22.5. The van der Waals surface area contributed by atoms with Crippen molar-refractivity contribution in [3.05, 3.63) is 36.0 Å². The molecule has 9 atom stereocenters. The molecule has 13 nitrogen and oxygen atoms in total. The van der Waals surface area contributed by atoms with Crippen LogP contribution in [0.4, 0.5) is 0 Å². The molecule has 4 aliphatic heterocycles. The minimum atomic E-state index is -1.13. The van der Waals surface area contributed by atoms with Gasteiger partial charge in [0.1, 0.15) is 6.04 Å². The summed E-state index contributed by atoms with van der Waals surface area (Å²) in [5, 5.41) is 15.9. The van der Waals surface area contributed by atoms with Crippen LogP contribution in [0.1, 0.15) is 77.7 Å². The summed E-state index contributed by atoms with van der Waals surface area (Å²) in [5.41, 5.74) is 0.940. The number of aliphatic carboxylic acids is 1. The zero-order chi connectivity index (χ0) is 33.3. The zero-order valence-corrected chi connectivity index (χ0v) is 27.1.